The number of alkyl halides is 2. The Balaban J connectivity index is 2.59. The molecule has 0 saturated heterocycles. The van der Waals surface area contributed by atoms with Gasteiger partial charge in [-0.3, -0.25) is 4.79 Å². The average Bonchev–Trinajstić information content (AvgIpc) is 2.59. The fraction of sp³-hybridized carbons (Fsp3) is 0.100. The first-order chi connectivity index (χ1) is 7.09. The Bertz CT molecular complexity index is 518. The van der Waals surface area contributed by atoms with Crippen LogP contribution >= 0.6 is 0 Å². The minimum absolute atomic E-state index is 0.111. The van der Waals surface area contributed by atoms with Crippen LogP contribution in [0, 0.1) is 5.82 Å². The van der Waals surface area contributed by atoms with Crippen molar-refractivity contribution < 1.29 is 18.0 Å². The highest BCUT2D eigenvalue weighted by atomic mass is 19.3. The van der Waals surface area contributed by atoms with E-state index in [1.807, 2.05) is 0 Å². The number of ketones is 1. The lowest BCUT2D eigenvalue weighted by Crippen LogP contribution is -2.09. The molecule has 1 aromatic heterocycles. The zero-order chi connectivity index (χ0) is 11.0. The summed E-state index contributed by atoms with van der Waals surface area (Å²) in [7, 11) is 0. The molecule has 0 bridgehead atoms. The van der Waals surface area contributed by atoms with Crippen molar-refractivity contribution in [1.82, 2.24) is 4.98 Å². The number of hydrogen-bond donors (Lipinski definition) is 1. The molecule has 0 spiro atoms. The van der Waals surface area contributed by atoms with Crippen LogP contribution in [0.5, 0.6) is 0 Å². The summed E-state index contributed by atoms with van der Waals surface area (Å²) >= 11 is 0. The lowest BCUT2D eigenvalue weighted by Gasteiger charge is -1.96. The molecule has 0 aliphatic heterocycles. The molecular formula is C10H6F3NO. The molecule has 5 heteroatoms. The Kier molecular flexibility index (Phi) is 2.22. The molecule has 0 radical (unpaired) electrons. The summed E-state index contributed by atoms with van der Waals surface area (Å²) in [5.41, 5.74) is 0.221. The van der Waals surface area contributed by atoms with Crippen molar-refractivity contribution in [1.29, 1.82) is 0 Å². The lowest BCUT2D eigenvalue weighted by atomic mass is 10.1. The maximum Gasteiger partial charge on any atom is 0.300 e. The van der Waals surface area contributed by atoms with Crippen molar-refractivity contribution >= 4 is 16.7 Å². The fourth-order valence-corrected chi connectivity index (χ4v) is 1.42. The predicted molar refractivity (Wildman–Crippen MR) is 48.6 cm³/mol. The highest BCUT2D eigenvalue weighted by Gasteiger charge is 2.21. The van der Waals surface area contributed by atoms with E-state index >= 15 is 0 Å². The fourth-order valence-electron chi connectivity index (χ4n) is 1.42. The third-order valence-corrected chi connectivity index (χ3v) is 2.11. The molecule has 15 heavy (non-hydrogen) atoms. The third kappa shape index (κ3) is 1.60. The third-order valence-electron chi connectivity index (χ3n) is 2.11. The van der Waals surface area contributed by atoms with Crippen LogP contribution in [0.4, 0.5) is 13.2 Å². The first-order valence-corrected chi connectivity index (χ1v) is 4.18. The predicted octanol–water partition coefficient (Wildman–Crippen LogP) is 2.75. The number of carbonyl (C=O) groups is 1. The van der Waals surface area contributed by atoms with E-state index in [9.17, 15) is 18.0 Å². The van der Waals surface area contributed by atoms with Crippen LogP contribution in [0.1, 0.15) is 10.4 Å². The van der Waals surface area contributed by atoms with E-state index in [4.69, 9.17) is 0 Å². The summed E-state index contributed by atoms with van der Waals surface area (Å²) in [6, 6.07) is 3.58. The number of aromatic nitrogens is 1. The van der Waals surface area contributed by atoms with Crippen molar-refractivity contribution in [2.24, 2.45) is 0 Å². The molecule has 0 atom stereocenters. The smallest absolute Gasteiger partial charge is 0.300 e. The molecule has 78 valence electrons. The molecule has 0 fully saturated rings. The van der Waals surface area contributed by atoms with E-state index in [0.717, 1.165) is 12.1 Å². The molecule has 0 amide bonds. The number of rotatable bonds is 2. The van der Waals surface area contributed by atoms with E-state index in [-0.39, 0.29) is 5.56 Å². The minimum Gasteiger partial charge on any atom is -0.360 e. The van der Waals surface area contributed by atoms with Crippen molar-refractivity contribution in [3.8, 4) is 0 Å². The van der Waals surface area contributed by atoms with Gasteiger partial charge >= 0.3 is 6.43 Å². The van der Waals surface area contributed by atoms with Gasteiger partial charge in [-0.05, 0) is 18.2 Å². The van der Waals surface area contributed by atoms with Gasteiger partial charge in [0.15, 0.2) is 0 Å². The summed E-state index contributed by atoms with van der Waals surface area (Å²) in [6.45, 7) is 0. The molecule has 2 rings (SSSR count). The van der Waals surface area contributed by atoms with Gasteiger partial charge in [0, 0.05) is 22.7 Å². The summed E-state index contributed by atoms with van der Waals surface area (Å²) in [4.78, 5) is 13.6. The van der Waals surface area contributed by atoms with Gasteiger partial charge in [0.2, 0.25) is 5.78 Å². The zero-order valence-corrected chi connectivity index (χ0v) is 7.43. The summed E-state index contributed by atoms with van der Waals surface area (Å²) in [5.74, 6) is -1.74. The van der Waals surface area contributed by atoms with Gasteiger partial charge in [0.05, 0.1) is 0 Å². The zero-order valence-electron chi connectivity index (χ0n) is 7.43. The van der Waals surface area contributed by atoms with Gasteiger partial charge in [-0.2, -0.15) is 0 Å². The number of nitrogens with one attached hydrogen (secondary N) is 1. The second-order valence-corrected chi connectivity index (χ2v) is 3.06. The largest absolute Gasteiger partial charge is 0.360 e. The van der Waals surface area contributed by atoms with Crippen LogP contribution in [0.25, 0.3) is 10.9 Å². The maximum atomic E-state index is 12.8. The van der Waals surface area contributed by atoms with Gasteiger partial charge in [-0.25, -0.2) is 13.2 Å². The minimum atomic E-state index is -3.05. The molecule has 0 unspecified atom stereocenters. The van der Waals surface area contributed by atoms with Gasteiger partial charge < -0.3 is 4.98 Å². The molecule has 1 heterocycles. The number of fused-ring (bicyclic) bond motifs is 1. The highest BCUT2D eigenvalue weighted by molar-refractivity contribution is 6.09. The quantitative estimate of drug-likeness (QED) is 0.764. The van der Waals surface area contributed by atoms with Gasteiger partial charge in [-0.15, -0.1) is 0 Å². The van der Waals surface area contributed by atoms with Crippen LogP contribution in [0.3, 0.4) is 0 Å². The van der Waals surface area contributed by atoms with E-state index in [1.54, 1.807) is 0 Å². The first kappa shape index (κ1) is 9.76. The Morgan fingerprint density at radius 1 is 1.33 bits per heavy atom. The number of Topliss-reactive ketones (excluding diaryl/α,β-unsaturated/α-hetero) is 1. The second kappa shape index (κ2) is 3.42. The molecule has 0 aliphatic carbocycles. The van der Waals surface area contributed by atoms with Gasteiger partial charge in [0.25, 0.3) is 0 Å². The van der Waals surface area contributed by atoms with Crippen LogP contribution < -0.4 is 0 Å². The lowest BCUT2D eigenvalue weighted by molar-refractivity contribution is 0.0680. The molecule has 0 aliphatic rings. The molecular weight excluding hydrogens is 207 g/mol. The SMILES string of the molecule is O=C(c1c[nH]c2cc(F)ccc12)C(F)F. The molecule has 2 aromatic rings. The number of halogens is 3. The topological polar surface area (TPSA) is 32.9 Å². The second-order valence-electron chi connectivity index (χ2n) is 3.06. The van der Waals surface area contributed by atoms with Gasteiger partial charge in [0.1, 0.15) is 5.82 Å². The number of benzene rings is 1. The van der Waals surface area contributed by atoms with Crippen molar-refractivity contribution in [2.75, 3.05) is 0 Å². The van der Waals surface area contributed by atoms with Crippen LogP contribution in [-0.4, -0.2) is 17.2 Å². The molecule has 2 nitrogen and oxygen atoms in total. The Hall–Kier alpha value is -1.78. The number of carbonyl (C=O) groups excluding carboxylic acids is 1. The number of H-pyrrole nitrogens is 1. The van der Waals surface area contributed by atoms with Crippen molar-refractivity contribution in [3.05, 3.63) is 35.8 Å². The van der Waals surface area contributed by atoms with Crippen LogP contribution in [0.15, 0.2) is 24.4 Å². The van der Waals surface area contributed by atoms with Gasteiger partial charge in [-0.1, -0.05) is 0 Å². The molecule has 1 aromatic carbocycles. The average molecular weight is 213 g/mol. The maximum absolute atomic E-state index is 12.8. The monoisotopic (exact) mass is 213 g/mol. The summed E-state index contributed by atoms with van der Waals surface area (Å²) < 4.78 is 37.1. The number of hydrogen-bond acceptors (Lipinski definition) is 1. The van der Waals surface area contributed by atoms with Crippen molar-refractivity contribution in [3.63, 3.8) is 0 Å². The van der Waals surface area contributed by atoms with Crippen molar-refractivity contribution in [2.45, 2.75) is 6.43 Å². The first-order valence-electron chi connectivity index (χ1n) is 4.18. The normalized spacial score (nSPS) is 11.2. The van der Waals surface area contributed by atoms with Crippen LogP contribution in [-0.2, 0) is 0 Å². The van der Waals surface area contributed by atoms with Crippen LogP contribution in [0.2, 0.25) is 0 Å². The van der Waals surface area contributed by atoms with E-state index in [0.29, 0.717) is 10.9 Å². The van der Waals surface area contributed by atoms with E-state index in [1.165, 1.54) is 12.3 Å². The number of aromatic amines is 1. The summed E-state index contributed by atoms with van der Waals surface area (Å²) in [5, 5.41) is 0.307. The van der Waals surface area contributed by atoms with E-state index < -0.39 is 18.0 Å². The summed E-state index contributed by atoms with van der Waals surface area (Å²) in [6.07, 6.45) is -1.88. The molecule has 1 N–H and O–H groups in total. The van der Waals surface area contributed by atoms with E-state index in [2.05, 4.69) is 4.98 Å². The molecule has 0 saturated carbocycles. The Labute approximate surface area is 82.7 Å². The Morgan fingerprint density at radius 2 is 2.07 bits per heavy atom. The highest BCUT2D eigenvalue weighted by Crippen LogP contribution is 2.21. The Morgan fingerprint density at radius 3 is 2.73 bits per heavy atom. The standard InChI is InChI=1S/C10H6F3NO/c11-5-1-2-6-7(9(15)10(12)13)4-14-8(6)3-5/h1-4,10,14H.